The standard InChI is InChI=1S/C8H18O2Si/c1-6-8(9-7-2)10-11(3,4)5/h7-8H,2,6H2,1,3-5H3. The van der Waals surface area contributed by atoms with Gasteiger partial charge in [0.1, 0.15) is 0 Å². The smallest absolute Gasteiger partial charge is 0.189 e. The molecule has 0 N–H and O–H groups in total. The lowest BCUT2D eigenvalue weighted by molar-refractivity contribution is -0.0370. The molecule has 0 aliphatic rings. The first kappa shape index (κ1) is 10.7. The summed E-state index contributed by atoms with van der Waals surface area (Å²) in [5, 5.41) is 0. The van der Waals surface area contributed by atoms with Crippen LogP contribution in [0.4, 0.5) is 0 Å². The normalized spacial score (nSPS) is 14.2. The molecule has 0 aliphatic carbocycles. The highest BCUT2D eigenvalue weighted by Crippen LogP contribution is 2.10. The fourth-order valence-electron chi connectivity index (χ4n) is 0.709. The Morgan fingerprint density at radius 3 is 2.27 bits per heavy atom. The van der Waals surface area contributed by atoms with Crippen LogP contribution in [-0.4, -0.2) is 14.6 Å². The van der Waals surface area contributed by atoms with Crippen molar-refractivity contribution < 1.29 is 9.16 Å². The maximum Gasteiger partial charge on any atom is 0.189 e. The maximum atomic E-state index is 5.67. The second-order valence-electron chi connectivity index (χ2n) is 3.37. The molecule has 0 saturated heterocycles. The molecule has 0 spiro atoms. The zero-order valence-corrected chi connectivity index (χ0v) is 8.89. The van der Waals surface area contributed by atoms with Crippen LogP contribution in [0.2, 0.25) is 19.6 Å². The number of rotatable bonds is 5. The molecule has 0 aromatic heterocycles. The van der Waals surface area contributed by atoms with E-state index >= 15 is 0 Å². The lowest BCUT2D eigenvalue weighted by Crippen LogP contribution is -2.32. The van der Waals surface area contributed by atoms with E-state index < -0.39 is 8.32 Å². The Balaban J connectivity index is 3.77. The van der Waals surface area contributed by atoms with Gasteiger partial charge in [-0.25, -0.2) is 0 Å². The summed E-state index contributed by atoms with van der Waals surface area (Å²) in [6, 6.07) is 0. The third kappa shape index (κ3) is 6.13. The van der Waals surface area contributed by atoms with E-state index in [0.29, 0.717) is 0 Å². The fourth-order valence-corrected chi connectivity index (χ4v) is 1.72. The van der Waals surface area contributed by atoms with Gasteiger partial charge in [-0.15, -0.1) is 0 Å². The summed E-state index contributed by atoms with van der Waals surface area (Å²) in [4.78, 5) is 0. The van der Waals surface area contributed by atoms with Crippen LogP contribution in [0.1, 0.15) is 13.3 Å². The Kier molecular flexibility index (Phi) is 4.45. The molecule has 11 heavy (non-hydrogen) atoms. The molecule has 0 amide bonds. The minimum atomic E-state index is -1.45. The number of hydrogen-bond donors (Lipinski definition) is 0. The monoisotopic (exact) mass is 174 g/mol. The van der Waals surface area contributed by atoms with E-state index in [1.165, 1.54) is 6.26 Å². The minimum absolute atomic E-state index is 0.0980. The number of hydrogen-bond acceptors (Lipinski definition) is 2. The lowest BCUT2D eigenvalue weighted by Gasteiger charge is -2.24. The van der Waals surface area contributed by atoms with Crippen LogP contribution in [0.25, 0.3) is 0 Å². The van der Waals surface area contributed by atoms with Crippen molar-refractivity contribution in [3.05, 3.63) is 12.8 Å². The summed E-state index contributed by atoms with van der Waals surface area (Å²) in [6.07, 6.45) is 2.21. The zero-order chi connectivity index (χ0) is 8.91. The van der Waals surface area contributed by atoms with Crippen LogP contribution in [0.3, 0.4) is 0 Å². The van der Waals surface area contributed by atoms with Crippen molar-refractivity contribution in [2.24, 2.45) is 0 Å². The third-order valence-electron chi connectivity index (χ3n) is 1.07. The van der Waals surface area contributed by atoms with Gasteiger partial charge < -0.3 is 9.16 Å². The predicted octanol–water partition coefficient (Wildman–Crippen LogP) is 2.73. The van der Waals surface area contributed by atoms with Crippen molar-refractivity contribution in [3.8, 4) is 0 Å². The molecular formula is C8H18O2Si. The first-order valence-corrected chi connectivity index (χ1v) is 7.34. The molecule has 3 heteroatoms. The Bertz CT molecular complexity index is 118. The first-order valence-electron chi connectivity index (χ1n) is 3.93. The molecule has 2 nitrogen and oxygen atoms in total. The molecule has 0 aromatic carbocycles. The van der Waals surface area contributed by atoms with Crippen LogP contribution < -0.4 is 0 Å². The quantitative estimate of drug-likeness (QED) is 0.362. The summed E-state index contributed by atoms with van der Waals surface area (Å²) in [7, 11) is -1.45. The van der Waals surface area contributed by atoms with E-state index in [-0.39, 0.29) is 6.29 Å². The molecule has 0 heterocycles. The van der Waals surface area contributed by atoms with E-state index in [1.54, 1.807) is 0 Å². The number of ether oxygens (including phenoxy) is 1. The summed E-state index contributed by atoms with van der Waals surface area (Å²) in [5.74, 6) is 0. The Morgan fingerprint density at radius 1 is 1.45 bits per heavy atom. The fraction of sp³-hybridized carbons (Fsp3) is 0.750. The van der Waals surface area contributed by atoms with Crippen molar-refractivity contribution in [2.45, 2.75) is 39.3 Å². The average Bonchev–Trinajstić information content (AvgIpc) is 1.84. The molecule has 0 fully saturated rings. The van der Waals surface area contributed by atoms with Gasteiger partial charge in [0.05, 0.1) is 6.26 Å². The molecule has 0 saturated carbocycles. The van der Waals surface area contributed by atoms with Gasteiger partial charge in [0, 0.05) is 6.42 Å². The molecule has 1 unspecified atom stereocenters. The van der Waals surface area contributed by atoms with E-state index in [4.69, 9.17) is 9.16 Å². The highest BCUT2D eigenvalue weighted by Gasteiger charge is 2.19. The zero-order valence-electron chi connectivity index (χ0n) is 7.89. The largest absolute Gasteiger partial charge is 0.474 e. The van der Waals surface area contributed by atoms with Crippen LogP contribution >= 0.6 is 0 Å². The van der Waals surface area contributed by atoms with Crippen molar-refractivity contribution in [1.29, 1.82) is 0 Å². The summed E-state index contributed by atoms with van der Waals surface area (Å²) < 4.78 is 10.8. The molecule has 0 rings (SSSR count). The second kappa shape index (κ2) is 4.57. The molecule has 0 radical (unpaired) electrons. The third-order valence-corrected chi connectivity index (χ3v) is 2.04. The van der Waals surface area contributed by atoms with Crippen molar-refractivity contribution in [1.82, 2.24) is 0 Å². The van der Waals surface area contributed by atoms with Crippen LogP contribution in [0.5, 0.6) is 0 Å². The van der Waals surface area contributed by atoms with Gasteiger partial charge in [-0.2, -0.15) is 0 Å². The van der Waals surface area contributed by atoms with Crippen molar-refractivity contribution >= 4 is 8.32 Å². The highest BCUT2D eigenvalue weighted by molar-refractivity contribution is 6.69. The van der Waals surface area contributed by atoms with E-state index in [9.17, 15) is 0 Å². The minimum Gasteiger partial charge on any atom is -0.474 e. The molecule has 66 valence electrons. The molecular weight excluding hydrogens is 156 g/mol. The lowest BCUT2D eigenvalue weighted by atomic mass is 10.5. The van der Waals surface area contributed by atoms with Gasteiger partial charge in [0.2, 0.25) is 0 Å². The molecule has 0 aromatic rings. The summed E-state index contributed by atoms with van der Waals surface area (Å²) in [5.41, 5.74) is 0. The van der Waals surface area contributed by atoms with Gasteiger partial charge in [0.25, 0.3) is 0 Å². The Labute approximate surface area is 70.3 Å². The van der Waals surface area contributed by atoms with Crippen molar-refractivity contribution in [3.63, 3.8) is 0 Å². The summed E-state index contributed by atoms with van der Waals surface area (Å²) >= 11 is 0. The van der Waals surface area contributed by atoms with Crippen molar-refractivity contribution in [2.75, 3.05) is 0 Å². The average molecular weight is 174 g/mol. The SMILES string of the molecule is C=COC(CC)O[Si](C)(C)C. The van der Waals surface area contributed by atoms with Crippen LogP contribution in [0.15, 0.2) is 12.8 Å². The highest BCUT2D eigenvalue weighted by atomic mass is 28.4. The van der Waals surface area contributed by atoms with Gasteiger partial charge in [-0.1, -0.05) is 13.5 Å². The van der Waals surface area contributed by atoms with Gasteiger partial charge in [-0.3, -0.25) is 0 Å². The van der Waals surface area contributed by atoms with Crippen LogP contribution in [0, 0.1) is 0 Å². The first-order chi connectivity index (χ1) is 4.99. The second-order valence-corrected chi connectivity index (χ2v) is 7.83. The predicted molar refractivity (Wildman–Crippen MR) is 49.8 cm³/mol. The maximum absolute atomic E-state index is 5.67. The topological polar surface area (TPSA) is 18.5 Å². The van der Waals surface area contributed by atoms with Gasteiger partial charge >= 0.3 is 0 Å². The molecule has 1 atom stereocenters. The van der Waals surface area contributed by atoms with Gasteiger partial charge in [-0.05, 0) is 19.6 Å². The Hall–Kier alpha value is -0.283. The molecule has 0 aliphatic heterocycles. The summed E-state index contributed by atoms with van der Waals surface area (Å²) in [6.45, 7) is 12.0. The van der Waals surface area contributed by atoms with E-state index in [0.717, 1.165) is 6.42 Å². The van der Waals surface area contributed by atoms with E-state index in [2.05, 4.69) is 26.2 Å². The van der Waals surface area contributed by atoms with Gasteiger partial charge in [0.15, 0.2) is 14.6 Å². The van der Waals surface area contributed by atoms with E-state index in [1.807, 2.05) is 6.92 Å². The Morgan fingerprint density at radius 2 is 2.00 bits per heavy atom. The van der Waals surface area contributed by atoms with Crippen LogP contribution in [-0.2, 0) is 9.16 Å². The molecule has 0 bridgehead atoms.